The lowest BCUT2D eigenvalue weighted by molar-refractivity contribution is 1.19. The van der Waals surface area contributed by atoms with Crippen LogP contribution in [0.15, 0.2) is 206 Å². The minimum Gasteiger partial charge on any atom is -0.310 e. The smallest absolute Gasteiger partial charge is 0.0562 e. The van der Waals surface area contributed by atoms with E-state index in [2.05, 4.69) is 216 Å². The summed E-state index contributed by atoms with van der Waals surface area (Å²) in [5.74, 6) is 0. The zero-order valence-electron chi connectivity index (χ0n) is 29.9. The quantitative estimate of drug-likeness (QED) is 0.166. The molecule has 0 amide bonds. The molecular formula is C52H34N2S. The van der Waals surface area contributed by atoms with Crippen molar-refractivity contribution in [2.45, 2.75) is 0 Å². The van der Waals surface area contributed by atoms with E-state index >= 15 is 0 Å². The molecular weight excluding hydrogens is 685 g/mol. The standard InChI is InChI=1S/C52H34N2S/c1-2-14-35(15-3-1)40-19-6-9-24-47(40)53(38-30-28-37(29-31-38)42-22-13-23-46-45-21-8-11-27-51(45)55-52(42)46)39-32-33-44-43-20-7-10-25-49(43)54(50(44)34-39)48-26-12-17-36-16-4-5-18-41(36)48/h1-34H. The molecule has 11 aromatic rings. The van der Waals surface area contributed by atoms with Gasteiger partial charge in [0.2, 0.25) is 0 Å². The number of para-hydroxylation sites is 2. The van der Waals surface area contributed by atoms with Crippen molar-refractivity contribution < 1.29 is 0 Å². The Morgan fingerprint density at radius 1 is 0.382 bits per heavy atom. The summed E-state index contributed by atoms with van der Waals surface area (Å²) in [5.41, 5.74) is 11.7. The lowest BCUT2D eigenvalue weighted by Gasteiger charge is -2.28. The van der Waals surface area contributed by atoms with E-state index in [-0.39, 0.29) is 0 Å². The zero-order valence-corrected chi connectivity index (χ0v) is 30.7. The summed E-state index contributed by atoms with van der Waals surface area (Å²) in [6.07, 6.45) is 0. The number of thiophene rings is 1. The van der Waals surface area contributed by atoms with Crippen molar-refractivity contribution in [1.82, 2.24) is 4.57 Å². The highest BCUT2D eigenvalue weighted by atomic mass is 32.1. The van der Waals surface area contributed by atoms with E-state index in [4.69, 9.17) is 0 Å². The summed E-state index contributed by atoms with van der Waals surface area (Å²) in [7, 11) is 0. The largest absolute Gasteiger partial charge is 0.310 e. The van der Waals surface area contributed by atoms with E-state index in [1.165, 1.54) is 80.7 Å². The fraction of sp³-hybridized carbons (Fsp3) is 0. The van der Waals surface area contributed by atoms with Crippen LogP contribution in [-0.4, -0.2) is 4.57 Å². The molecule has 3 heteroatoms. The molecule has 0 fully saturated rings. The first-order chi connectivity index (χ1) is 27.3. The number of rotatable bonds is 6. The van der Waals surface area contributed by atoms with E-state index in [9.17, 15) is 0 Å². The molecule has 0 saturated heterocycles. The van der Waals surface area contributed by atoms with Gasteiger partial charge in [0, 0.05) is 53.3 Å². The third-order valence-electron chi connectivity index (χ3n) is 11.0. The van der Waals surface area contributed by atoms with Crippen LogP contribution in [0.1, 0.15) is 0 Å². The van der Waals surface area contributed by atoms with Gasteiger partial charge >= 0.3 is 0 Å². The van der Waals surface area contributed by atoms with Crippen LogP contribution in [0.25, 0.3) is 80.7 Å². The Kier molecular flexibility index (Phi) is 7.39. The highest BCUT2D eigenvalue weighted by Crippen LogP contribution is 2.45. The Balaban J connectivity index is 1.13. The predicted molar refractivity (Wildman–Crippen MR) is 237 cm³/mol. The minimum absolute atomic E-state index is 1.10. The average molecular weight is 719 g/mol. The van der Waals surface area contributed by atoms with Gasteiger partial charge in [0.25, 0.3) is 0 Å². The van der Waals surface area contributed by atoms with Gasteiger partial charge in [-0.1, -0.05) is 158 Å². The van der Waals surface area contributed by atoms with Crippen molar-refractivity contribution in [3.63, 3.8) is 0 Å². The molecule has 2 nitrogen and oxygen atoms in total. The molecule has 0 saturated carbocycles. The van der Waals surface area contributed by atoms with Gasteiger partial charge in [0.15, 0.2) is 0 Å². The number of nitrogens with zero attached hydrogens (tertiary/aromatic N) is 2. The normalized spacial score (nSPS) is 11.6. The van der Waals surface area contributed by atoms with Gasteiger partial charge in [-0.25, -0.2) is 0 Å². The zero-order chi connectivity index (χ0) is 36.3. The number of hydrogen-bond acceptors (Lipinski definition) is 2. The van der Waals surface area contributed by atoms with Crippen molar-refractivity contribution >= 4 is 81.1 Å². The van der Waals surface area contributed by atoms with Crippen LogP contribution in [0.2, 0.25) is 0 Å². The first-order valence-electron chi connectivity index (χ1n) is 18.8. The molecule has 0 radical (unpaired) electrons. The van der Waals surface area contributed by atoms with Crippen molar-refractivity contribution in [2.24, 2.45) is 0 Å². The van der Waals surface area contributed by atoms with Gasteiger partial charge in [0.05, 0.1) is 22.4 Å². The van der Waals surface area contributed by atoms with E-state index < -0.39 is 0 Å². The summed E-state index contributed by atoms with van der Waals surface area (Å²) in [6.45, 7) is 0. The number of hydrogen-bond donors (Lipinski definition) is 0. The van der Waals surface area contributed by atoms with Gasteiger partial charge in [-0.05, 0) is 70.6 Å². The third kappa shape index (κ3) is 5.16. The van der Waals surface area contributed by atoms with Crippen LogP contribution in [0.3, 0.4) is 0 Å². The monoisotopic (exact) mass is 718 g/mol. The van der Waals surface area contributed by atoms with Gasteiger partial charge in [0.1, 0.15) is 0 Å². The Bertz CT molecular complexity index is 3200. The van der Waals surface area contributed by atoms with Crippen LogP contribution in [0, 0.1) is 0 Å². The van der Waals surface area contributed by atoms with Crippen LogP contribution >= 0.6 is 11.3 Å². The Morgan fingerprint density at radius 3 is 1.89 bits per heavy atom. The number of benzene rings is 9. The first-order valence-corrected chi connectivity index (χ1v) is 19.6. The van der Waals surface area contributed by atoms with Gasteiger partial charge < -0.3 is 9.47 Å². The van der Waals surface area contributed by atoms with E-state index in [0.717, 1.165) is 17.1 Å². The Hall–Kier alpha value is -6.94. The van der Waals surface area contributed by atoms with E-state index in [1.54, 1.807) is 0 Å². The fourth-order valence-electron chi connectivity index (χ4n) is 8.48. The van der Waals surface area contributed by atoms with E-state index in [1.807, 2.05) is 11.3 Å². The number of fused-ring (bicyclic) bond motifs is 7. The molecule has 258 valence electrons. The summed E-state index contributed by atoms with van der Waals surface area (Å²) in [4.78, 5) is 2.43. The summed E-state index contributed by atoms with van der Waals surface area (Å²) >= 11 is 1.88. The second kappa shape index (κ2) is 12.9. The molecule has 9 aromatic carbocycles. The molecule has 0 bridgehead atoms. The van der Waals surface area contributed by atoms with Crippen molar-refractivity contribution in [3.05, 3.63) is 206 Å². The van der Waals surface area contributed by atoms with Crippen molar-refractivity contribution in [1.29, 1.82) is 0 Å². The minimum atomic E-state index is 1.10. The summed E-state index contributed by atoms with van der Waals surface area (Å²) < 4.78 is 5.10. The van der Waals surface area contributed by atoms with Crippen LogP contribution in [0.4, 0.5) is 17.1 Å². The third-order valence-corrected chi connectivity index (χ3v) is 12.2. The molecule has 0 spiro atoms. The molecule has 0 N–H and O–H groups in total. The molecule has 11 rings (SSSR count). The summed E-state index contributed by atoms with van der Waals surface area (Å²) in [6, 6.07) is 75.2. The van der Waals surface area contributed by atoms with Crippen LogP contribution in [0.5, 0.6) is 0 Å². The lowest BCUT2D eigenvalue weighted by atomic mass is 10.00. The first kappa shape index (κ1) is 31.6. The molecule has 0 aliphatic rings. The van der Waals surface area contributed by atoms with Crippen molar-refractivity contribution in [3.8, 4) is 27.9 Å². The van der Waals surface area contributed by atoms with Crippen LogP contribution in [-0.2, 0) is 0 Å². The highest BCUT2D eigenvalue weighted by Gasteiger charge is 2.21. The highest BCUT2D eigenvalue weighted by molar-refractivity contribution is 7.26. The molecule has 55 heavy (non-hydrogen) atoms. The van der Waals surface area contributed by atoms with Gasteiger partial charge in [-0.3, -0.25) is 0 Å². The SMILES string of the molecule is c1ccc(-c2ccccc2N(c2ccc(-c3cccc4c3sc3ccccc34)cc2)c2ccc3c4ccccc4n(-c4cccc5ccccc45)c3c2)cc1. The maximum absolute atomic E-state index is 2.45. The molecule has 0 aliphatic carbocycles. The molecule has 0 unspecified atom stereocenters. The van der Waals surface area contributed by atoms with Crippen molar-refractivity contribution in [2.75, 3.05) is 4.90 Å². The topological polar surface area (TPSA) is 8.17 Å². The Labute approximate surface area is 323 Å². The summed E-state index contributed by atoms with van der Waals surface area (Å²) in [5, 5.41) is 7.57. The number of anilines is 3. The second-order valence-corrected chi connectivity index (χ2v) is 15.2. The Morgan fingerprint density at radius 2 is 1.00 bits per heavy atom. The molecule has 2 aromatic heterocycles. The van der Waals surface area contributed by atoms with Gasteiger partial charge in [-0.2, -0.15) is 0 Å². The average Bonchev–Trinajstić information content (AvgIpc) is 3.80. The van der Waals surface area contributed by atoms with E-state index in [0.29, 0.717) is 0 Å². The molecule has 2 heterocycles. The predicted octanol–water partition coefficient (Wildman–Crippen LogP) is 15.1. The van der Waals surface area contributed by atoms with Crippen LogP contribution < -0.4 is 4.90 Å². The maximum Gasteiger partial charge on any atom is 0.0562 e. The molecule has 0 aliphatic heterocycles. The maximum atomic E-state index is 2.45. The molecule has 0 atom stereocenters. The number of aromatic nitrogens is 1. The fourth-order valence-corrected chi connectivity index (χ4v) is 9.72. The van der Waals surface area contributed by atoms with Gasteiger partial charge in [-0.15, -0.1) is 11.3 Å². The lowest BCUT2D eigenvalue weighted by Crippen LogP contribution is -2.11. The second-order valence-electron chi connectivity index (χ2n) is 14.1.